The van der Waals surface area contributed by atoms with Gasteiger partial charge in [-0.2, -0.15) is 8.78 Å². The van der Waals surface area contributed by atoms with E-state index in [0.717, 1.165) is 0 Å². The molecule has 2 aliphatic rings. The minimum atomic E-state index is -3.07. The second kappa shape index (κ2) is 13.5. The molecule has 232 valence electrons. The highest BCUT2D eigenvalue weighted by atomic mass is 35.5. The summed E-state index contributed by atoms with van der Waals surface area (Å²) in [5, 5.41) is 5.84. The maximum Gasteiger partial charge on any atom is 0.411 e. The number of halogens is 4. The maximum absolute atomic E-state index is 13.4. The van der Waals surface area contributed by atoms with E-state index in [0.29, 0.717) is 41.3 Å². The van der Waals surface area contributed by atoms with Crippen LogP contribution in [0.15, 0.2) is 48.6 Å². The molecule has 1 saturated heterocycles. The third-order valence-electron chi connectivity index (χ3n) is 7.06. The van der Waals surface area contributed by atoms with Crippen molar-refractivity contribution in [3.8, 4) is 17.0 Å². The second-order valence-corrected chi connectivity index (χ2v) is 10.7. The Labute approximate surface area is 260 Å². The number of carbonyl (C=O) groups is 3. The van der Waals surface area contributed by atoms with E-state index in [1.54, 1.807) is 18.2 Å². The Morgan fingerprint density at radius 1 is 1.18 bits per heavy atom. The third-order valence-corrected chi connectivity index (χ3v) is 7.57. The molecule has 2 atom stereocenters. The van der Waals surface area contributed by atoms with Crippen LogP contribution in [0.1, 0.15) is 49.2 Å². The van der Waals surface area contributed by atoms with Crippen LogP contribution in [0, 0.1) is 0 Å². The van der Waals surface area contributed by atoms with E-state index < -0.39 is 30.9 Å². The van der Waals surface area contributed by atoms with E-state index in [2.05, 4.69) is 25.1 Å². The number of fused-ring (bicyclic) bond motifs is 4. The van der Waals surface area contributed by atoms with Gasteiger partial charge in [-0.05, 0) is 49.2 Å². The van der Waals surface area contributed by atoms with Crippen LogP contribution in [0.4, 0.5) is 29.7 Å². The number of carbonyl (C=O) groups excluding carboxylic acids is 3. The van der Waals surface area contributed by atoms with E-state index in [9.17, 15) is 23.2 Å². The summed E-state index contributed by atoms with van der Waals surface area (Å²) < 4.78 is 41.0. The number of amides is 3. The molecule has 3 aromatic rings. The van der Waals surface area contributed by atoms with E-state index in [4.69, 9.17) is 32.9 Å². The first-order valence-electron chi connectivity index (χ1n) is 13.5. The Morgan fingerprint density at radius 2 is 2.00 bits per heavy atom. The molecule has 0 radical (unpaired) electrons. The number of benzene rings is 2. The van der Waals surface area contributed by atoms with Gasteiger partial charge in [0.15, 0.2) is 0 Å². The molecule has 44 heavy (non-hydrogen) atoms. The predicted molar refractivity (Wildman–Crippen MR) is 158 cm³/mol. The van der Waals surface area contributed by atoms with E-state index in [-0.39, 0.29) is 46.8 Å². The standard InChI is InChI=1S/C29H27Cl2F2N5O6/c1-42-28(40)34-16-8-9-17-19(14-16)35-23(39)6-4-2-3-5-20(26-36-24(17)25(31)37-26)38-12-11-22(44-29(38)41)18-13-15(30)7-10-21(18)43-27(32)33/h2-3,7-10,13-14,20,22,27H,4-6,11-12H2,1H3,(H,34,40)(H,35,39)(H,36,37)/b3-2+/t20-,22+/m0/s1. The first-order chi connectivity index (χ1) is 21.1. The lowest BCUT2D eigenvalue weighted by Gasteiger charge is -2.36. The molecular formula is C29H27Cl2F2N5O6. The van der Waals surface area contributed by atoms with Crippen LogP contribution in [-0.4, -0.2) is 53.2 Å². The molecule has 1 aromatic heterocycles. The van der Waals surface area contributed by atoms with Crippen molar-refractivity contribution in [1.29, 1.82) is 0 Å². The topological polar surface area (TPSA) is 135 Å². The number of allylic oxidation sites excluding steroid dienone is 1. The molecule has 0 unspecified atom stereocenters. The molecular weight excluding hydrogens is 623 g/mol. The van der Waals surface area contributed by atoms with Crippen molar-refractivity contribution in [2.75, 3.05) is 24.3 Å². The normalized spacial score (nSPS) is 19.5. The van der Waals surface area contributed by atoms with Crippen LogP contribution in [0.25, 0.3) is 11.3 Å². The van der Waals surface area contributed by atoms with Crippen LogP contribution in [0.5, 0.6) is 5.75 Å². The summed E-state index contributed by atoms with van der Waals surface area (Å²) in [5.74, 6) is -0.0339. The third kappa shape index (κ3) is 7.05. The number of nitrogens with zero attached hydrogens (tertiary/aromatic N) is 2. The van der Waals surface area contributed by atoms with Crippen molar-refractivity contribution >= 4 is 52.7 Å². The van der Waals surface area contributed by atoms with Crippen LogP contribution >= 0.6 is 23.2 Å². The van der Waals surface area contributed by atoms with Crippen LogP contribution in [0.3, 0.4) is 0 Å². The zero-order chi connectivity index (χ0) is 31.4. The van der Waals surface area contributed by atoms with Crippen molar-refractivity contribution in [2.45, 2.75) is 44.4 Å². The molecule has 0 spiro atoms. The number of hydrogen-bond acceptors (Lipinski definition) is 7. The van der Waals surface area contributed by atoms with E-state index >= 15 is 0 Å². The van der Waals surface area contributed by atoms with Gasteiger partial charge in [0.05, 0.1) is 18.8 Å². The molecule has 0 saturated carbocycles. The number of aromatic nitrogens is 2. The summed E-state index contributed by atoms with van der Waals surface area (Å²) in [4.78, 5) is 47.1. The number of aromatic amines is 1. The van der Waals surface area contributed by atoms with Gasteiger partial charge in [-0.1, -0.05) is 35.4 Å². The summed E-state index contributed by atoms with van der Waals surface area (Å²) in [5.41, 5.74) is 1.75. The fraction of sp³-hybridized carbons (Fsp3) is 0.310. The number of hydrogen-bond donors (Lipinski definition) is 3. The molecule has 2 bridgehead atoms. The molecule has 1 fully saturated rings. The number of nitrogens with one attached hydrogen (secondary N) is 3. The molecule has 11 nitrogen and oxygen atoms in total. The Hall–Kier alpha value is -4.36. The van der Waals surface area contributed by atoms with Gasteiger partial charge in [0.1, 0.15) is 28.5 Å². The van der Waals surface area contributed by atoms with Crippen molar-refractivity contribution in [3.63, 3.8) is 0 Å². The lowest BCUT2D eigenvalue weighted by Crippen LogP contribution is -2.42. The SMILES string of the molecule is COC(=O)Nc1ccc2c(c1)NC(=O)CC/C=C/C[C@H](N1CC[C@H](c3cc(Cl)ccc3OC(F)F)OC1=O)c1nc-2c(Cl)[nH]1. The lowest BCUT2D eigenvalue weighted by molar-refractivity contribution is -0.116. The van der Waals surface area contributed by atoms with Gasteiger partial charge >= 0.3 is 18.8 Å². The van der Waals surface area contributed by atoms with Gasteiger partial charge < -0.3 is 24.5 Å². The fourth-order valence-electron chi connectivity index (χ4n) is 5.04. The summed E-state index contributed by atoms with van der Waals surface area (Å²) in [6.45, 7) is -2.88. The molecule has 2 aromatic carbocycles. The minimum Gasteiger partial charge on any atom is -0.453 e. The summed E-state index contributed by atoms with van der Waals surface area (Å²) >= 11 is 12.7. The minimum absolute atomic E-state index is 0.130. The number of rotatable bonds is 5. The van der Waals surface area contributed by atoms with Gasteiger partial charge in [-0.25, -0.2) is 14.6 Å². The number of anilines is 2. The number of H-pyrrole nitrogens is 1. The number of imidazole rings is 1. The lowest BCUT2D eigenvalue weighted by atomic mass is 10.0. The molecule has 0 aliphatic carbocycles. The van der Waals surface area contributed by atoms with Crippen molar-refractivity contribution in [1.82, 2.24) is 14.9 Å². The summed E-state index contributed by atoms with van der Waals surface area (Å²) in [6.07, 6.45) is 2.57. The smallest absolute Gasteiger partial charge is 0.411 e. The van der Waals surface area contributed by atoms with Gasteiger partial charge in [0, 0.05) is 41.2 Å². The predicted octanol–water partition coefficient (Wildman–Crippen LogP) is 7.47. The molecule has 5 rings (SSSR count). The van der Waals surface area contributed by atoms with Crippen LogP contribution in [-0.2, 0) is 14.3 Å². The molecule has 3 heterocycles. The van der Waals surface area contributed by atoms with E-state index in [1.165, 1.54) is 30.2 Å². The molecule has 3 N–H and O–H groups in total. The van der Waals surface area contributed by atoms with Crippen molar-refractivity contribution < 1.29 is 37.4 Å². The second-order valence-electron chi connectivity index (χ2n) is 9.89. The first kappa shape index (κ1) is 31.1. The van der Waals surface area contributed by atoms with Gasteiger partial charge in [-0.3, -0.25) is 15.0 Å². The number of cyclic esters (lactones) is 1. The molecule has 2 aliphatic heterocycles. The number of alkyl halides is 2. The zero-order valence-electron chi connectivity index (χ0n) is 23.2. The van der Waals surface area contributed by atoms with Gasteiger partial charge in [0.25, 0.3) is 0 Å². The highest BCUT2D eigenvalue weighted by Crippen LogP contribution is 2.40. The maximum atomic E-state index is 13.4. The van der Waals surface area contributed by atoms with Gasteiger partial charge in [-0.15, -0.1) is 0 Å². The number of methoxy groups -OCH3 is 1. The number of ether oxygens (including phenoxy) is 3. The Morgan fingerprint density at radius 3 is 2.75 bits per heavy atom. The van der Waals surface area contributed by atoms with Crippen LogP contribution < -0.4 is 15.4 Å². The highest BCUT2D eigenvalue weighted by molar-refractivity contribution is 6.32. The highest BCUT2D eigenvalue weighted by Gasteiger charge is 2.36. The quantitative estimate of drug-likeness (QED) is 0.244. The molecule has 15 heteroatoms. The Kier molecular flexibility index (Phi) is 9.55. The van der Waals surface area contributed by atoms with Gasteiger partial charge in [0.2, 0.25) is 5.91 Å². The summed E-state index contributed by atoms with van der Waals surface area (Å²) in [6, 6.07) is 8.32. The summed E-state index contributed by atoms with van der Waals surface area (Å²) in [7, 11) is 1.23. The first-order valence-corrected chi connectivity index (χ1v) is 14.3. The average molecular weight is 650 g/mol. The molecule has 3 amide bonds. The zero-order valence-corrected chi connectivity index (χ0v) is 24.8. The fourth-order valence-corrected chi connectivity index (χ4v) is 5.46. The average Bonchev–Trinajstić information content (AvgIpc) is 3.36. The Bertz CT molecular complexity index is 1600. The van der Waals surface area contributed by atoms with E-state index in [1.807, 2.05) is 12.2 Å². The van der Waals surface area contributed by atoms with Crippen LogP contribution in [0.2, 0.25) is 10.2 Å². The van der Waals surface area contributed by atoms with Crippen molar-refractivity contribution in [2.24, 2.45) is 0 Å². The Balaban J connectivity index is 1.46. The van der Waals surface area contributed by atoms with Crippen molar-refractivity contribution in [3.05, 3.63) is 70.1 Å². The largest absolute Gasteiger partial charge is 0.453 e. The monoisotopic (exact) mass is 649 g/mol.